The molecule has 1 saturated heterocycles. The number of aliphatic hydroxyl groups is 1. The van der Waals surface area contributed by atoms with Gasteiger partial charge in [-0.05, 0) is 112 Å². The molecule has 4 rings (SSSR count). The van der Waals surface area contributed by atoms with E-state index in [1.807, 2.05) is 0 Å². The van der Waals surface area contributed by atoms with Crippen molar-refractivity contribution in [2.24, 2.45) is 29.1 Å². The molecule has 5 heteroatoms. The first kappa shape index (κ1) is 29.3. The van der Waals surface area contributed by atoms with Gasteiger partial charge in [0.1, 0.15) is 0 Å². The maximum atomic E-state index is 13.5. The standard InChI is InChI=1S/C32H57NO3Si/c1-21(2)17-24(34)18-22(3)33-29(35)20-28-26-12-11-23-19-25(36-37(9,10)30(4,5)6)13-15-31(23,7)27(26)14-16-32(28,33)8/h11,21-22,24-28,34H,12-20H2,1-10H3/t22-,24?,25+,26-,27+,28+,31+,32+/m1/s1. The zero-order valence-electron chi connectivity index (χ0n) is 25.7. The molecule has 0 radical (unpaired) electrons. The highest BCUT2D eigenvalue weighted by molar-refractivity contribution is 6.74. The van der Waals surface area contributed by atoms with E-state index in [4.69, 9.17) is 4.43 Å². The van der Waals surface area contributed by atoms with Crippen LogP contribution in [0.4, 0.5) is 0 Å². The van der Waals surface area contributed by atoms with Crippen molar-refractivity contribution in [3.8, 4) is 0 Å². The highest BCUT2D eigenvalue weighted by atomic mass is 28.4. The topological polar surface area (TPSA) is 49.8 Å². The van der Waals surface area contributed by atoms with Crippen molar-refractivity contribution < 1.29 is 14.3 Å². The van der Waals surface area contributed by atoms with Crippen LogP contribution in [0.15, 0.2) is 11.6 Å². The summed E-state index contributed by atoms with van der Waals surface area (Å²) in [6.45, 7) is 23.2. The second-order valence-electron chi connectivity index (χ2n) is 15.7. The zero-order chi connectivity index (χ0) is 27.6. The molecule has 3 fully saturated rings. The Kier molecular flexibility index (Phi) is 7.98. The molecule has 1 N–H and O–H groups in total. The number of hydrogen-bond acceptors (Lipinski definition) is 3. The van der Waals surface area contributed by atoms with E-state index in [0.717, 1.165) is 25.7 Å². The van der Waals surface area contributed by atoms with Crippen LogP contribution in [0.25, 0.3) is 0 Å². The summed E-state index contributed by atoms with van der Waals surface area (Å²) in [5.41, 5.74) is 1.84. The lowest BCUT2D eigenvalue weighted by Gasteiger charge is -2.59. The minimum absolute atomic E-state index is 0.0699. The van der Waals surface area contributed by atoms with Crippen molar-refractivity contribution in [3.05, 3.63) is 11.6 Å². The van der Waals surface area contributed by atoms with Crippen LogP contribution in [0.3, 0.4) is 0 Å². The molecule has 8 atom stereocenters. The van der Waals surface area contributed by atoms with E-state index in [1.165, 1.54) is 19.3 Å². The van der Waals surface area contributed by atoms with E-state index in [2.05, 4.69) is 79.5 Å². The van der Waals surface area contributed by atoms with Crippen LogP contribution in [0.1, 0.15) is 113 Å². The molecule has 0 bridgehead atoms. The minimum Gasteiger partial charge on any atom is -0.414 e. The predicted molar refractivity (Wildman–Crippen MR) is 156 cm³/mol. The highest BCUT2D eigenvalue weighted by Gasteiger charge is 2.61. The van der Waals surface area contributed by atoms with Gasteiger partial charge in [-0.15, -0.1) is 0 Å². The molecule has 0 spiro atoms. The van der Waals surface area contributed by atoms with Crippen LogP contribution in [0.5, 0.6) is 0 Å². The summed E-state index contributed by atoms with van der Waals surface area (Å²) in [6.07, 6.45) is 11.7. The summed E-state index contributed by atoms with van der Waals surface area (Å²) in [7, 11) is -1.77. The van der Waals surface area contributed by atoms with Crippen LogP contribution in [-0.4, -0.2) is 48.0 Å². The first-order valence-corrected chi connectivity index (χ1v) is 18.3. The molecule has 212 valence electrons. The van der Waals surface area contributed by atoms with Gasteiger partial charge in [0, 0.05) is 24.1 Å². The molecule has 1 aliphatic heterocycles. The molecular formula is C32H57NO3Si. The maximum absolute atomic E-state index is 13.5. The zero-order valence-corrected chi connectivity index (χ0v) is 26.7. The number of nitrogens with zero attached hydrogens (tertiary/aromatic N) is 1. The summed E-state index contributed by atoms with van der Waals surface area (Å²) in [4.78, 5) is 15.7. The fourth-order valence-corrected chi connectivity index (χ4v) is 10.1. The van der Waals surface area contributed by atoms with Gasteiger partial charge >= 0.3 is 0 Å². The van der Waals surface area contributed by atoms with Gasteiger partial charge in [-0.25, -0.2) is 0 Å². The minimum atomic E-state index is -1.77. The summed E-state index contributed by atoms with van der Waals surface area (Å²) in [5, 5.41) is 10.9. The monoisotopic (exact) mass is 531 g/mol. The van der Waals surface area contributed by atoms with E-state index in [1.54, 1.807) is 5.57 Å². The first-order chi connectivity index (χ1) is 17.0. The third-order valence-electron chi connectivity index (χ3n) is 11.7. The Balaban J connectivity index is 1.50. The molecule has 0 aromatic heterocycles. The first-order valence-electron chi connectivity index (χ1n) is 15.4. The maximum Gasteiger partial charge on any atom is 0.223 e. The smallest absolute Gasteiger partial charge is 0.223 e. The van der Waals surface area contributed by atoms with Gasteiger partial charge < -0.3 is 14.4 Å². The van der Waals surface area contributed by atoms with E-state index in [-0.39, 0.29) is 28.1 Å². The Morgan fingerprint density at radius 1 is 1.08 bits per heavy atom. The largest absolute Gasteiger partial charge is 0.414 e. The number of rotatable bonds is 7. The molecule has 4 nitrogen and oxygen atoms in total. The van der Waals surface area contributed by atoms with Gasteiger partial charge in [-0.3, -0.25) is 4.79 Å². The SMILES string of the molecule is CC(C)CC(O)C[C@@H](C)N1C(=O)C[C@H]2[C@@H]3CC=C4C[C@@H](O[Si](C)(C)C(C)(C)C)CC[C@]4(C)[C@H]3CC[C@@]21C. The number of allylic oxidation sites excluding steroid dienone is 1. The van der Waals surface area contributed by atoms with Gasteiger partial charge in [0.05, 0.1) is 6.10 Å². The number of carbonyl (C=O) groups excluding carboxylic acids is 1. The third kappa shape index (κ3) is 5.27. The summed E-state index contributed by atoms with van der Waals surface area (Å²) in [5.74, 6) is 2.49. The van der Waals surface area contributed by atoms with Crippen LogP contribution in [0.2, 0.25) is 18.1 Å². The Bertz CT molecular complexity index is 891. The van der Waals surface area contributed by atoms with E-state index in [9.17, 15) is 9.90 Å². The van der Waals surface area contributed by atoms with Gasteiger partial charge in [-0.1, -0.05) is 53.2 Å². The van der Waals surface area contributed by atoms with Crippen molar-refractivity contribution in [1.29, 1.82) is 0 Å². The van der Waals surface area contributed by atoms with Crippen molar-refractivity contribution in [3.63, 3.8) is 0 Å². The van der Waals surface area contributed by atoms with Crippen molar-refractivity contribution in [2.45, 2.75) is 155 Å². The molecule has 0 aromatic carbocycles. The molecule has 1 amide bonds. The van der Waals surface area contributed by atoms with Crippen LogP contribution < -0.4 is 0 Å². The van der Waals surface area contributed by atoms with Crippen LogP contribution in [-0.2, 0) is 9.22 Å². The molecule has 3 aliphatic carbocycles. The lowest BCUT2D eigenvalue weighted by molar-refractivity contribution is -0.135. The molecule has 37 heavy (non-hydrogen) atoms. The molecule has 1 heterocycles. The predicted octanol–water partition coefficient (Wildman–Crippen LogP) is 7.72. The third-order valence-corrected chi connectivity index (χ3v) is 16.2. The summed E-state index contributed by atoms with van der Waals surface area (Å²) >= 11 is 0. The highest BCUT2D eigenvalue weighted by Crippen LogP contribution is 2.63. The lowest BCUT2D eigenvalue weighted by Crippen LogP contribution is -2.58. The normalized spacial score (nSPS) is 38.1. The number of aliphatic hydroxyl groups excluding tert-OH is 1. The van der Waals surface area contributed by atoms with E-state index in [0.29, 0.717) is 48.5 Å². The number of likely N-dealkylation sites (tertiary alicyclic amines) is 1. The quantitative estimate of drug-likeness (QED) is 0.270. The number of fused-ring (bicyclic) bond motifs is 5. The van der Waals surface area contributed by atoms with Crippen LogP contribution in [0, 0.1) is 29.1 Å². The second-order valence-corrected chi connectivity index (χ2v) is 20.5. The fourth-order valence-electron chi connectivity index (χ4n) is 8.75. The molecular weight excluding hydrogens is 474 g/mol. The van der Waals surface area contributed by atoms with Gasteiger partial charge in [0.25, 0.3) is 0 Å². The fraction of sp³-hybridized carbons (Fsp3) is 0.906. The van der Waals surface area contributed by atoms with Crippen molar-refractivity contribution in [2.75, 3.05) is 0 Å². The average molecular weight is 532 g/mol. The average Bonchev–Trinajstić information content (AvgIpc) is 3.02. The van der Waals surface area contributed by atoms with Crippen molar-refractivity contribution >= 4 is 14.2 Å². The van der Waals surface area contributed by atoms with E-state index < -0.39 is 8.32 Å². The molecule has 1 unspecified atom stereocenters. The lowest BCUT2D eigenvalue weighted by atomic mass is 9.49. The van der Waals surface area contributed by atoms with Gasteiger partial charge in [-0.2, -0.15) is 0 Å². The summed E-state index contributed by atoms with van der Waals surface area (Å²) in [6, 6.07) is 0.0982. The number of hydrogen-bond donors (Lipinski definition) is 1. The van der Waals surface area contributed by atoms with Crippen LogP contribution >= 0.6 is 0 Å². The summed E-state index contributed by atoms with van der Waals surface area (Å²) < 4.78 is 6.89. The number of carbonyl (C=O) groups is 1. The Morgan fingerprint density at radius 3 is 2.38 bits per heavy atom. The Hall–Kier alpha value is -0.653. The molecule has 2 saturated carbocycles. The Morgan fingerprint density at radius 2 is 1.76 bits per heavy atom. The number of amides is 1. The van der Waals surface area contributed by atoms with Gasteiger partial charge in [0.2, 0.25) is 5.91 Å². The molecule has 0 aromatic rings. The Labute approximate surface area is 229 Å². The molecule has 4 aliphatic rings. The van der Waals surface area contributed by atoms with Crippen molar-refractivity contribution in [1.82, 2.24) is 4.90 Å². The second kappa shape index (κ2) is 10.1. The van der Waals surface area contributed by atoms with Gasteiger partial charge in [0.15, 0.2) is 8.32 Å². The van der Waals surface area contributed by atoms with E-state index >= 15 is 0 Å².